The van der Waals surface area contributed by atoms with Crippen LogP contribution in [-0.4, -0.2) is 34.8 Å². The summed E-state index contributed by atoms with van der Waals surface area (Å²) in [5.41, 5.74) is -0.310. The van der Waals surface area contributed by atoms with Crippen molar-refractivity contribution in [2.75, 3.05) is 18.1 Å². The van der Waals surface area contributed by atoms with Gasteiger partial charge in [-0.25, -0.2) is 4.79 Å². The Bertz CT molecular complexity index is 845. The van der Waals surface area contributed by atoms with Crippen LogP contribution < -0.4 is 4.90 Å². The molecular weight excluding hydrogens is 351 g/mol. The maximum atomic E-state index is 12.9. The molecule has 0 spiro atoms. The van der Waals surface area contributed by atoms with Gasteiger partial charge in [0.1, 0.15) is 5.56 Å². The van der Waals surface area contributed by atoms with Crippen LogP contribution >= 0.6 is 0 Å². The summed E-state index contributed by atoms with van der Waals surface area (Å²) < 4.78 is 44.5. The zero-order chi connectivity index (χ0) is 18.9. The molecule has 2 heterocycles. The minimum atomic E-state index is -4.79. The molecule has 0 aliphatic carbocycles. The van der Waals surface area contributed by atoms with Crippen LogP contribution in [0.15, 0.2) is 30.5 Å². The molecule has 0 unspecified atom stereocenters. The molecule has 3 rings (SSSR count). The van der Waals surface area contributed by atoms with Crippen molar-refractivity contribution in [3.05, 3.63) is 47.3 Å². The van der Waals surface area contributed by atoms with E-state index in [2.05, 4.69) is 5.10 Å². The third kappa shape index (κ3) is 3.56. The predicted octanol–water partition coefficient (Wildman–Crippen LogP) is 2.58. The number of anilines is 1. The molecule has 0 atom stereocenters. The van der Waals surface area contributed by atoms with E-state index in [-0.39, 0.29) is 0 Å². The van der Waals surface area contributed by atoms with Gasteiger partial charge in [0, 0.05) is 25.5 Å². The third-order valence-corrected chi connectivity index (χ3v) is 4.06. The van der Waals surface area contributed by atoms with E-state index in [0.717, 1.165) is 35.0 Å². The topological polar surface area (TPSA) is 64.4 Å². The average molecular weight is 367 g/mol. The number of halogens is 3. The Morgan fingerprint density at radius 1 is 1.27 bits per heavy atom. The number of alkyl halides is 3. The first kappa shape index (κ1) is 18.0. The van der Waals surface area contributed by atoms with Gasteiger partial charge in [0.25, 0.3) is 5.91 Å². The summed E-state index contributed by atoms with van der Waals surface area (Å²) in [6, 6.07) is 7.36. The molecule has 2 aromatic rings. The monoisotopic (exact) mass is 367 g/mol. The highest BCUT2D eigenvalue weighted by molar-refractivity contribution is 5.98. The van der Waals surface area contributed by atoms with Gasteiger partial charge in [0.05, 0.1) is 0 Å². The second kappa shape index (κ2) is 6.81. The van der Waals surface area contributed by atoms with Gasteiger partial charge < -0.3 is 9.64 Å². The molecule has 138 valence electrons. The fourth-order valence-corrected chi connectivity index (χ4v) is 2.92. The van der Waals surface area contributed by atoms with Gasteiger partial charge in [-0.2, -0.15) is 18.3 Å². The van der Waals surface area contributed by atoms with Crippen molar-refractivity contribution in [2.45, 2.75) is 19.0 Å². The Balaban J connectivity index is 1.71. The number of carbonyl (C=O) groups is 2. The minimum absolute atomic E-state index is 0.466. The first-order valence-electron chi connectivity index (χ1n) is 7.93. The van der Waals surface area contributed by atoms with E-state index in [0.29, 0.717) is 6.54 Å². The number of amides is 1. The standard InChI is InChI=1S/C17H16F3N3O3/c1-22-9-12(15(21-22)17(18,19)20)16(25)26-10-14(24)23-8-4-6-11-5-2-3-7-13(11)23/h2-3,5,7,9H,4,6,8,10H2,1H3. The number of aryl methyl sites for hydroxylation is 2. The zero-order valence-corrected chi connectivity index (χ0v) is 13.9. The van der Waals surface area contributed by atoms with Gasteiger partial charge in [-0.3, -0.25) is 9.48 Å². The van der Waals surface area contributed by atoms with Gasteiger partial charge in [-0.1, -0.05) is 18.2 Å². The van der Waals surface area contributed by atoms with Crippen LogP contribution in [0.1, 0.15) is 28.0 Å². The van der Waals surface area contributed by atoms with Gasteiger partial charge in [0.2, 0.25) is 0 Å². The smallest absolute Gasteiger partial charge is 0.436 e. The van der Waals surface area contributed by atoms with Crippen molar-refractivity contribution in [2.24, 2.45) is 7.05 Å². The van der Waals surface area contributed by atoms with E-state index >= 15 is 0 Å². The number of para-hydroxylation sites is 1. The van der Waals surface area contributed by atoms with Crippen LogP contribution in [0.25, 0.3) is 0 Å². The maximum Gasteiger partial charge on any atom is 0.436 e. The van der Waals surface area contributed by atoms with E-state index in [9.17, 15) is 22.8 Å². The number of hydrogen-bond donors (Lipinski definition) is 0. The normalized spacial score (nSPS) is 14.1. The van der Waals surface area contributed by atoms with Gasteiger partial charge >= 0.3 is 12.1 Å². The Morgan fingerprint density at radius 2 is 2.00 bits per heavy atom. The first-order valence-corrected chi connectivity index (χ1v) is 7.93. The fraction of sp³-hybridized carbons (Fsp3) is 0.353. The molecule has 0 radical (unpaired) electrons. The van der Waals surface area contributed by atoms with Crippen molar-refractivity contribution in [3.63, 3.8) is 0 Å². The molecule has 0 N–H and O–H groups in total. The lowest BCUT2D eigenvalue weighted by Crippen LogP contribution is -2.38. The summed E-state index contributed by atoms with van der Waals surface area (Å²) in [6.07, 6.45) is -2.26. The van der Waals surface area contributed by atoms with Crippen LogP contribution in [0.3, 0.4) is 0 Å². The SMILES string of the molecule is Cn1cc(C(=O)OCC(=O)N2CCCc3ccccc32)c(C(F)(F)F)n1. The number of esters is 1. The summed E-state index contributed by atoms with van der Waals surface area (Å²) in [6.45, 7) is -0.173. The van der Waals surface area contributed by atoms with Crippen molar-refractivity contribution in [3.8, 4) is 0 Å². The molecule has 6 nitrogen and oxygen atoms in total. The zero-order valence-electron chi connectivity index (χ0n) is 13.9. The Hall–Kier alpha value is -2.84. The molecule has 0 bridgehead atoms. The molecule has 26 heavy (non-hydrogen) atoms. The molecular formula is C17H16F3N3O3. The molecule has 1 amide bonds. The minimum Gasteiger partial charge on any atom is -0.452 e. The lowest BCUT2D eigenvalue weighted by molar-refractivity contribution is -0.142. The summed E-state index contributed by atoms with van der Waals surface area (Å²) in [5, 5.41) is 3.25. The number of rotatable bonds is 3. The van der Waals surface area contributed by atoms with Crippen LogP contribution in [0.2, 0.25) is 0 Å². The number of fused-ring (bicyclic) bond motifs is 1. The molecule has 0 fully saturated rings. The Labute approximate surface area is 147 Å². The Morgan fingerprint density at radius 3 is 2.73 bits per heavy atom. The molecule has 1 aliphatic heterocycles. The van der Waals surface area contributed by atoms with Gasteiger partial charge in [-0.05, 0) is 24.5 Å². The highest BCUT2D eigenvalue weighted by atomic mass is 19.4. The van der Waals surface area contributed by atoms with Crippen LogP contribution in [0, 0.1) is 0 Å². The highest BCUT2D eigenvalue weighted by Gasteiger charge is 2.39. The molecule has 0 saturated heterocycles. The largest absolute Gasteiger partial charge is 0.452 e. The van der Waals surface area contributed by atoms with Crippen LogP contribution in [0.5, 0.6) is 0 Å². The van der Waals surface area contributed by atoms with Crippen molar-refractivity contribution in [1.82, 2.24) is 9.78 Å². The lowest BCUT2D eigenvalue weighted by Gasteiger charge is -2.29. The van der Waals surface area contributed by atoms with E-state index in [1.165, 1.54) is 11.9 Å². The van der Waals surface area contributed by atoms with Crippen LogP contribution in [0.4, 0.5) is 18.9 Å². The van der Waals surface area contributed by atoms with Crippen molar-refractivity contribution < 1.29 is 27.5 Å². The van der Waals surface area contributed by atoms with Crippen molar-refractivity contribution >= 4 is 17.6 Å². The summed E-state index contributed by atoms with van der Waals surface area (Å²) in [4.78, 5) is 25.9. The van der Waals surface area contributed by atoms with E-state index < -0.39 is 35.9 Å². The number of nitrogens with zero attached hydrogens (tertiary/aromatic N) is 3. The van der Waals surface area contributed by atoms with Crippen LogP contribution in [-0.2, 0) is 29.2 Å². The lowest BCUT2D eigenvalue weighted by atomic mass is 10.0. The quantitative estimate of drug-likeness (QED) is 0.783. The fourth-order valence-electron chi connectivity index (χ4n) is 2.92. The maximum absolute atomic E-state index is 12.9. The summed E-state index contributed by atoms with van der Waals surface area (Å²) >= 11 is 0. The highest BCUT2D eigenvalue weighted by Crippen LogP contribution is 2.31. The predicted molar refractivity (Wildman–Crippen MR) is 85.6 cm³/mol. The first-order chi connectivity index (χ1) is 12.3. The van der Waals surface area contributed by atoms with E-state index in [1.807, 2.05) is 12.1 Å². The van der Waals surface area contributed by atoms with Crippen molar-refractivity contribution in [1.29, 1.82) is 0 Å². The molecule has 0 saturated carbocycles. The molecule has 1 aromatic heterocycles. The van der Waals surface area contributed by atoms with Gasteiger partial charge in [-0.15, -0.1) is 0 Å². The number of hydrogen-bond acceptors (Lipinski definition) is 4. The molecule has 1 aliphatic rings. The number of benzene rings is 1. The number of carbonyl (C=O) groups excluding carboxylic acids is 2. The third-order valence-electron chi connectivity index (χ3n) is 4.06. The summed E-state index contributed by atoms with van der Waals surface area (Å²) in [7, 11) is 1.27. The second-order valence-electron chi connectivity index (χ2n) is 5.92. The Kier molecular flexibility index (Phi) is 4.71. The average Bonchev–Trinajstić information content (AvgIpc) is 3.01. The number of ether oxygens (including phenoxy) is 1. The molecule has 9 heteroatoms. The number of aromatic nitrogens is 2. The van der Waals surface area contributed by atoms with E-state index in [1.54, 1.807) is 12.1 Å². The molecule has 1 aromatic carbocycles. The van der Waals surface area contributed by atoms with Gasteiger partial charge in [0.15, 0.2) is 12.3 Å². The summed E-state index contributed by atoms with van der Waals surface area (Å²) in [5.74, 6) is -1.72. The second-order valence-corrected chi connectivity index (χ2v) is 5.92. The van der Waals surface area contributed by atoms with E-state index in [4.69, 9.17) is 4.74 Å².